The lowest BCUT2D eigenvalue weighted by Crippen LogP contribution is -2.55. The summed E-state index contributed by atoms with van der Waals surface area (Å²) in [4.78, 5) is 30.5. The second-order valence-electron chi connectivity index (χ2n) is 12.4. The molecule has 1 aliphatic carbocycles. The molecule has 10 heteroatoms. The first-order valence-corrected chi connectivity index (χ1v) is 19.1. The Morgan fingerprint density at radius 2 is 1.51 bits per heavy atom. The third kappa shape index (κ3) is 9.73. The van der Waals surface area contributed by atoms with Crippen molar-refractivity contribution in [2.45, 2.75) is 75.9 Å². The Bertz CT molecular complexity index is 1780. The van der Waals surface area contributed by atoms with E-state index in [1.807, 2.05) is 80.6 Å². The van der Waals surface area contributed by atoms with Gasteiger partial charge in [-0.05, 0) is 86.3 Å². The fourth-order valence-electron chi connectivity index (χ4n) is 6.13. The SMILES string of the molecule is CCOc1ccc(S(=O)(=O)N(CC(=O)N(Cc2ccc(Br)cc2)[C@@H](Cc2ccccc2)C(=O)NC2CCCCC2)c2ccc(C)cc2)cc1. The topological polar surface area (TPSA) is 96.0 Å². The highest BCUT2D eigenvalue weighted by Crippen LogP contribution is 2.27. The fraction of sp³-hybridized carbons (Fsp3) is 0.333. The normalized spacial score (nSPS) is 14.1. The minimum absolute atomic E-state index is 0.0275. The van der Waals surface area contributed by atoms with Gasteiger partial charge in [0.2, 0.25) is 11.8 Å². The number of anilines is 1. The third-order valence-electron chi connectivity index (χ3n) is 8.81. The van der Waals surface area contributed by atoms with E-state index in [2.05, 4.69) is 21.2 Å². The zero-order chi connectivity index (χ0) is 34.8. The molecular formula is C39H44BrN3O5S. The van der Waals surface area contributed by atoms with Crippen LogP contribution in [-0.2, 0) is 32.6 Å². The van der Waals surface area contributed by atoms with E-state index in [9.17, 15) is 18.0 Å². The zero-order valence-corrected chi connectivity index (χ0v) is 30.5. The molecule has 0 spiro atoms. The highest BCUT2D eigenvalue weighted by molar-refractivity contribution is 9.10. The first-order valence-electron chi connectivity index (χ1n) is 16.8. The maximum atomic E-state index is 14.7. The number of rotatable bonds is 14. The molecule has 258 valence electrons. The van der Waals surface area contributed by atoms with Crippen molar-refractivity contribution in [1.29, 1.82) is 0 Å². The van der Waals surface area contributed by atoms with Gasteiger partial charge in [-0.25, -0.2) is 8.42 Å². The monoisotopic (exact) mass is 745 g/mol. The summed E-state index contributed by atoms with van der Waals surface area (Å²) >= 11 is 3.49. The van der Waals surface area contributed by atoms with Crippen LogP contribution in [0.15, 0.2) is 112 Å². The van der Waals surface area contributed by atoms with Crippen molar-refractivity contribution < 1.29 is 22.7 Å². The number of benzene rings is 4. The van der Waals surface area contributed by atoms with Gasteiger partial charge in [-0.2, -0.15) is 0 Å². The summed E-state index contributed by atoms with van der Waals surface area (Å²) in [7, 11) is -4.21. The Kier molecular flexibility index (Phi) is 12.5. The second-order valence-corrected chi connectivity index (χ2v) is 15.2. The van der Waals surface area contributed by atoms with Gasteiger partial charge < -0.3 is 15.0 Å². The number of nitrogens with one attached hydrogen (secondary N) is 1. The molecule has 2 amide bonds. The van der Waals surface area contributed by atoms with E-state index in [-0.39, 0.29) is 29.8 Å². The van der Waals surface area contributed by atoms with Gasteiger partial charge in [-0.15, -0.1) is 0 Å². The number of halogens is 1. The van der Waals surface area contributed by atoms with Crippen molar-refractivity contribution in [3.05, 3.63) is 124 Å². The van der Waals surface area contributed by atoms with Crippen LogP contribution < -0.4 is 14.4 Å². The molecule has 8 nitrogen and oxygen atoms in total. The summed E-state index contributed by atoms with van der Waals surface area (Å²) in [5.41, 5.74) is 3.02. The summed E-state index contributed by atoms with van der Waals surface area (Å²) in [5.74, 6) is -0.178. The van der Waals surface area contributed by atoms with E-state index in [1.54, 1.807) is 29.2 Å². The second kappa shape index (κ2) is 17.0. The van der Waals surface area contributed by atoms with Gasteiger partial charge in [-0.3, -0.25) is 13.9 Å². The van der Waals surface area contributed by atoms with E-state index in [1.165, 1.54) is 12.1 Å². The first-order chi connectivity index (χ1) is 23.6. The summed E-state index contributed by atoms with van der Waals surface area (Å²) in [6.07, 6.45) is 5.30. The lowest BCUT2D eigenvalue weighted by molar-refractivity contribution is -0.140. The van der Waals surface area contributed by atoms with Crippen LogP contribution >= 0.6 is 15.9 Å². The molecule has 1 fully saturated rings. The van der Waals surface area contributed by atoms with E-state index in [0.717, 1.165) is 57.6 Å². The molecule has 4 aromatic carbocycles. The molecule has 0 heterocycles. The van der Waals surface area contributed by atoms with Gasteiger partial charge in [0, 0.05) is 23.5 Å². The number of carbonyl (C=O) groups is 2. The molecule has 1 aliphatic rings. The van der Waals surface area contributed by atoms with Crippen LogP contribution in [0.3, 0.4) is 0 Å². The molecule has 0 aromatic heterocycles. The molecule has 1 atom stereocenters. The van der Waals surface area contributed by atoms with Crippen molar-refractivity contribution in [2.75, 3.05) is 17.5 Å². The van der Waals surface area contributed by atoms with Gasteiger partial charge in [0.05, 0.1) is 17.2 Å². The average molecular weight is 747 g/mol. The van der Waals surface area contributed by atoms with Crippen molar-refractivity contribution in [2.24, 2.45) is 0 Å². The van der Waals surface area contributed by atoms with E-state index >= 15 is 0 Å². The Morgan fingerprint density at radius 1 is 0.857 bits per heavy atom. The largest absolute Gasteiger partial charge is 0.494 e. The quantitative estimate of drug-likeness (QED) is 0.145. The molecule has 0 saturated heterocycles. The Morgan fingerprint density at radius 3 is 2.14 bits per heavy atom. The van der Waals surface area contributed by atoms with Crippen LogP contribution in [0.25, 0.3) is 0 Å². The number of amides is 2. The van der Waals surface area contributed by atoms with Crippen LogP contribution in [-0.4, -0.2) is 50.4 Å². The van der Waals surface area contributed by atoms with Crippen molar-refractivity contribution in [3.63, 3.8) is 0 Å². The van der Waals surface area contributed by atoms with E-state index < -0.39 is 28.5 Å². The maximum Gasteiger partial charge on any atom is 0.264 e. The number of hydrogen-bond acceptors (Lipinski definition) is 5. The Labute approximate surface area is 298 Å². The van der Waals surface area contributed by atoms with Gasteiger partial charge >= 0.3 is 0 Å². The minimum Gasteiger partial charge on any atom is -0.494 e. The van der Waals surface area contributed by atoms with Gasteiger partial charge in [0.25, 0.3) is 10.0 Å². The van der Waals surface area contributed by atoms with Crippen LogP contribution in [0.2, 0.25) is 0 Å². The van der Waals surface area contributed by atoms with E-state index in [4.69, 9.17) is 4.74 Å². The molecule has 0 radical (unpaired) electrons. The molecule has 1 N–H and O–H groups in total. The summed E-state index contributed by atoms with van der Waals surface area (Å²) in [6.45, 7) is 3.83. The number of ether oxygens (including phenoxy) is 1. The van der Waals surface area contributed by atoms with E-state index in [0.29, 0.717) is 18.0 Å². The summed E-state index contributed by atoms with van der Waals surface area (Å²) in [5, 5.41) is 3.25. The Hall–Kier alpha value is -4.15. The van der Waals surface area contributed by atoms with Crippen LogP contribution in [0.4, 0.5) is 5.69 Å². The predicted molar refractivity (Wildman–Crippen MR) is 197 cm³/mol. The summed E-state index contributed by atoms with van der Waals surface area (Å²) < 4.78 is 36.2. The minimum atomic E-state index is -4.21. The summed E-state index contributed by atoms with van der Waals surface area (Å²) in [6, 6.07) is 29.6. The maximum absolute atomic E-state index is 14.7. The molecule has 0 unspecified atom stereocenters. The lowest BCUT2D eigenvalue weighted by Gasteiger charge is -2.35. The number of carbonyl (C=O) groups excluding carboxylic acids is 2. The molecule has 0 aliphatic heterocycles. The third-order valence-corrected chi connectivity index (χ3v) is 11.1. The van der Waals surface area contributed by atoms with Crippen LogP contribution in [0, 0.1) is 6.92 Å². The molecule has 4 aromatic rings. The van der Waals surface area contributed by atoms with Crippen molar-refractivity contribution in [3.8, 4) is 5.75 Å². The zero-order valence-electron chi connectivity index (χ0n) is 28.1. The Balaban J connectivity index is 1.55. The molecular weight excluding hydrogens is 702 g/mol. The smallest absolute Gasteiger partial charge is 0.264 e. The van der Waals surface area contributed by atoms with Gasteiger partial charge in [0.15, 0.2) is 0 Å². The first kappa shape index (κ1) is 36.1. The fourth-order valence-corrected chi connectivity index (χ4v) is 7.80. The van der Waals surface area contributed by atoms with Gasteiger partial charge in [0.1, 0.15) is 18.3 Å². The van der Waals surface area contributed by atoms with Crippen molar-refractivity contribution in [1.82, 2.24) is 10.2 Å². The molecule has 49 heavy (non-hydrogen) atoms. The number of sulfonamides is 1. The number of nitrogens with zero attached hydrogens (tertiary/aromatic N) is 2. The van der Waals surface area contributed by atoms with Crippen LogP contribution in [0.5, 0.6) is 5.75 Å². The highest BCUT2D eigenvalue weighted by Gasteiger charge is 2.35. The molecule has 1 saturated carbocycles. The highest BCUT2D eigenvalue weighted by atomic mass is 79.9. The van der Waals surface area contributed by atoms with Gasteiger partial charge in [-0.1, -0.05) is 95.4 Å². The predicted octanol–water partition coefficient (Wildman–Crippen LogP) is 7.44. The number of aryl methyl sites for hydroxylation is 1. The van der Waals surface area contributed by atoms with Crippen LogP contribution in [0.1, 0.15) is 55.7 Å². The molecule has 5 rings (SSSR count). The van der Waals surface area contributed by atoms with Crippen molar-refractivity contribution >= 4 is 43.5 Å². The lowest BCUT2D eigenvalue weighted by atomic mass is 9.94. The standard InChI is InChI=1S/C39H44BrN3O5S/c1-3-48-35-22-24-36(25-23-35)49(46,47)43(34-20-14-29(2)15-21-34)28-38(44)42(27-31-16-18-32(40)19-17-31)37(26-30-10-6-4-7-11-30)39(45)41-33-12-8-5-9-13-33/h4,6-7,10-11,14-25,33,37H,3,5,8-9,12-13,26-28H2,1-2H3,(H,41,45)/t37-/m0/s1. The number of hydrogen-bond donors (Lipinski definition) is 1. The average Bonchev–Trinajstić information content (AvgIpc) is 3.11. The molecule has 0 bridgehead atoms.